The monoisotopic (exact) mass is 505 g/mol. The molecule has 3 aromatic heterocycles. The fourth-order valence-electron chi connectivity index (χ4n) is 5.69. The molecule has 1 unspecified atom stereocenters. The van der Waals surface area contributed by atoms with Crippen molar-refractivity contribution in [2.24, 2.45) is 5.92 Å². The van der Waals surface area contributed by atoms with E-state index >= 15 is 0 Å². The van der Waals surface area contributed by atoms with E-state index in [1.807, 2.05) is 31.2 Å². The Hall–Kier alpha value is -4.20. The zero-order valence-electron chi connectivity index (χ0n) is 22.2. The second-order valence-corrected chi connectivity index (χ2v) is 10.5. The second kappa shape index (κ2) is 9.59. The minimum atomic E-state index is 0.0903. The molecular formula is C30H31N7O. The van der Waals surface area contributed by atoms with Crippen LogP contribution in [0.4, 0.5) is 0 Å². The second-order valence-electron chi connectivity index (χ2n) is 10.5. The molecule has 0 fully saturated rings. The van der Waals surface area contributed by atoms with Crippen LogP contribution in [-0.2, 0) is 12.8 Å². The maximum absolute atomic E-state index is 12.9. The van der Waals surface area contributed by atoms with Crippen LogP contribution in [0.5, 0.6) is 0 Å². The molecule has 1 atom stereocenters. The number of benzene rings is 2. The molecule has 0 bridgehead atoms. The molecule has 8 heteroatoms. The quantitative estimate of drug-likeness (QED) is 0.276. The Bertz CT molecular complexity index is 1650. The van der Waals surface area contributed by atoms with Crippen molar-refractivity contribution in [3.63, 3.8) is 0 Å². The van der Waals surface area contributed by atoms with Crippen molar-refractivity contribution < 1.29 is 4.79 Å². The van der Waals surface area contributed by atoms with E-state index in [0.29, 0.717) is 17.9 Å². The number of aromatic nitrogens is 7. The van der Waals surface area contributed by atoms with E-state index in [2.05, 4.69) is 70.2 Å². The number of aromatic amines is 1. The average molecular weight is 506 g/mol. The highest BCUT2D eigenvalue weighted by Crippen LogP contribution is 2.40. The number of rotatable bonds is 7. The minimum Gasteiger partial charge on any atom is -0.305 e. The van der Waals surface area contributed by atoms with Gasteiger partial charge in [0.1, 0.15) is 17.0 Å². The van der Waals surface area contributed by atoms with Gasteiger partial charge in [-0.05, 0) is 64.8 Å². The summed E-state index contributed by atoms with van der Waals surface area (Å²) in [5.74, 6) is 1.97. The summed E-state index contributed by atoms with van der Waals surface area (Å²) in [6, 6.07) is 16.9. The van der Waals surface area contributed by atoms with Crippen LogP contribution in [0, 0.1) is 12.8 Å². The number of imidazole rings is 1. The van der Waals surface area contributed by atoms with Crippen LogP contribution in [0.3, 0.4) is 0 Å². The number of Topliss-reactive ketones (excluding diaryl/α,β-unsaturated/α-hetero) is 1. The topological polar surface area (TPSA) is 102 Å². The Morgan fingerprint density at radius 3 is 2.66 bits per heavy atom. The van der Waals surface area contributed by atoms with Crippen LogP contribution >= 0.6 is 0 Å². The summed E-state index contributed by atoms with van der Waals surface area (Å²) >= 11 is 0. The van der Waals surface area contributed by atoms with Crippen molar-refractivity contribution in [1.29, 1.82) is 0 Å². The van der Waals surface area contributed by atoms with Gasteiger partial charge < -0.3 is 4.57 Å². The smallest absolute Gasteiger partial charge is 0.205 e. The van der Waals surface area contributed by atoms with E-state index < -0.39 is 0 Å². The molecule has 0 aliphatic heterocycles. The lowest BCUT2D eigenvalue weighted by atomic mass is 9.96. The van der Waals surface area contributed by atoms with E-state index in [9.17, 15) is 4.79 Å². The maximum Gasteiger partial charge on any atom is 0.205 e. The lowest BCUT2D eigenvalue weighted by molar-refractivity contribution is 0.0963. The number of hydrogen-bond acceptors (Lipinski definition) is 6. The number of nitrogens with one attached hydrogen (secondary N) is 1. The number of hydrogen-bond donors (Lipinski definition) is 1. The number of fused-ring (bicyclic) bond motifs is 2. The number of tetrazole rings is 1. The Kier molecular flexibility index (Phi) is 6.10. The van der Waals surface area contributed by atoms with E-state index in [1.54, 1.807) is 0 Å². The average Bonchev–Trinajstić information content (AvgIpc) is 3.66. The van der Waals surface area contributed by atoms with Crippen LogP contribution in [-0.4, -0.2) is 40.9 Å². The summed E-state index contributed by atoms with van der Waals surface area (Å²) < 4.78 is 2.28. The molecule has 5 aromatic rings. The molecule has 192 valence electrons. The molecule has 6 rings (SSSR count). The Labute approximate surface area is 221 Å². The first-order valence-electron chi connectivity index (χ1n) is 13.3. The predicted octanol–water partition coefficient (Wildman–Crippen LogP) is 5.91. The third kappa shape index (κ3) is 4.10. The fraction of sp³-hybridized carbons (Fsp3) is 0.333. The Morgan fingerprint density at radius 2 is 1.92 bits per heavy atom. The number of ketones is 1. The number of aryl methyl sites for hydroxylation is 3. The van der Waals surface area contributed by atoms with Crippen molar-refractivity contribution in [3.8, 4) is 22.5 Å². The molecule has 3 heterocycles. The summed E-state index contributed by atoms with van der Waals surface area (Å²) in [5.41, 5.74) is 9.02. The maximum atomic E-state index is 12.9. The summed E-state index contributed by atoms with van der Waals surface area (Å²) in [4.78, 5) is 22.8. The minimum absolute atomic E-state index is 0.0903. The van der Waals surface area contributed by atoms with Gasteiger partial charge >= 0.3 is 0 Å². The van der Waals surface area contributed by atoms with Gasteiger partial charge in [0, 0.05) is 18.4 Å². The Morgan fingerprint density at radius 1 is 1.11 bits per heavy atom. The van der Waals surface area contributed by atoms with Crippen LogP contribution < -0.4 is 0 Å². The fourth-order valence-corrected chi connectivity index (χ4v) is 5.69. The number of pyridine rings is 1. The van der Waals surface area contributed by atoms with E-state index in [4.69, 9.17) is 9.97 Å². The van der Waals surface area contributed by atoms with Gasteiger partial charge in [0.15, 0.2) is 11.4 Å². The SMILES string of the molecule is CCc1nc2c(C)cc(C(=O)CC(C)C)nc2n1C1CCc2cc(-c3ccccc3-c3nn[nH]n3)ccc21. The first kappa shape index (κ1) is 24.2. The van der Waals surface area contributed by atoms with Crippen molar-refractivity contribution in [3.05, 3.63) is 76.7 Å². The molecule has 0 saturated heterocycles. The van der Waals surface area contributed by atoms with Gasteiger partial charge in [0.2, 0.25) is 5.82 Å². The molecule has 0 saturated carbocycles. The third-order valence-electron chi connectivity index (χ3n) is 7.43. The number of nitrogens with zero attached hydrogens (tertiary/aromatic N) is 6. The third-order valence-corrected chi connectivity index (χ3v) is 7.43. The van der Waals surface area contributed by atoms with Crippen molar-refractivity contribution in [2.45, 2.75) is 59.4 Å². The summed E-state index contributed by atoms with van der Waals surface area (Å²) in [6.45, 7) is 8.29. The van der Waals surface area contributed by atoms with Gasteiger partial charge in [-0.3, -0.25) is 4.79 Å². The first-order valence-corrected chi connectivity index (χ1v) is 13.3. The normalized spacial score (nSPS) is 14.9. The molecule has 1 N–H and O–H groups in total. The van der Waals surface area contributed by atoms with Crippen LogP contribution in [0.1, 0.15) is 72.7 Å². The van der Waals surface area contributed by atoms with E-state index in [-0.39, 0.29) is 17.7 Å². The summed E-state index contributed by atoms with van der Waals surface area (Å²) in [7, 11) is 0. The lowest BCUT2D eigenvalue weighted by Gasteiger charge is -2.18. The molecule has 8 nitrogen and oxygen atoms in total. The highest BCUT2D eigenvalue weighted by molar-refractivity contribution is 5.96. The molecule has 0 radical (unpaired) electrons. The van der Waals surface area contributed by atoms with Gasteiger partial charge in [0.25, 0.3) is 0 Å². The van der Waals surface area contributed by atoms with Crippen molar-refractivity contribution in [2.75, 3.05) is 0 Å². The molecule has 38 heavy (non-hydrogen) atoms. The molecule has 2 aromatic carbocycles. The first-order chi connectivity index (χ1) is 18.4. The largest absolute Gasteiger partial charge is 0.305 e. The van der Waals surface area contributed by atoms with Gasteiger partial charge in [-0.15, -0.1) is 10.2 Å². The predicted molar refractivity (Wildman–Crippen MR) is 147 cm³/mol. The van der Waals surface area contributed by atoms with Gasteiger partial charge in [0.05, 0.1) is 6.04 Å². The van der Waals surface area contributed by atoms with Gasteiger partial charge in [-0.1, -0.05) is 63.2 Å². The Balaban J connectivity index is 1.43. The van der Waals surface area contributed by atoms with Crippen molar-refractivity contribution in [1.82, 2.24) is 35.2 Å². The zero-order chi connectivity index (χ0) is 26.4. The van der Waals surface area contributed by atoms with Crippen LogP contribution in [0.25, 0.3) is 33.7 Å². The molecule has 0 amide bonds. The molecule has 1 aliphatic carbocycles. The zero-order valence-corrected chi connectivity index (χ0v) is 22.2. The van der Waals surface area contributed by atoms with Crippen LogP contribution in [0.15, 0.2) is 48.5 Å². The summed E-state index contributed by atoms with van der Waals surface area (Å²) in [6.07, 6.45) is 3.22. The van der Waals surface area contributed by atoms with E-state index in [1.165, 1.54) is 11.1 Å². The molecule has 0 spiro atoms. The number of H-pyrrole nitrogens is 1. The van der Waals surface area contributed by atoms with Crippen LogP contribution in [0.2, 0.25) is 0 Å². The van der Waals surface area contributed by atoms with E-state index in [0.717, 1.165) is 58.5 Å². The lowest BCUT2D eigenvalue weighted by Crippen LogP contribution is -2.13. The van der Waals surface area contributed by atoms with Crippen molar-refractivity contribution >= 4 is 16.9 Å². The molecular weight excluding hydrogens is 474 g/mol. The number of carbonyl (C=O) groups is 1. The highest BCUT2D eigenvalue weighted by atomic mass is 16.1. The highest BCUT2D eigenvalue weighted by Gasteiger charge is 2.29. The molecule has 1 aliphatic rings. The summed E-state index contributed by atoms with van der Waals surface area (Å²) in [5, 5.41) is 14.7. The van der Waals surface area contributed by atoms with Gasteiger partial charge in [-0.2, -0.15) is 5.21 Å². The number of carbonyl (C=O) groups excluding carboxylic acids is 1. The standard InChI is InChI=1S/C30H31N7O/c1-5-27-32-28-18(4)15-24(26(38)14-17(2)3)31-30(28)37(27)25-13-11-20-16-19(10-12-22(20)25)21-8-6-7-9-23(21)29-33-35-36-34-29/h6-10,12,15-17,25H,5,11,13-14H2,1-4H3,(H,33,34,35,36). The van der Waals surface area contributed by atoms with Gasteiger partial charge in [-0.25, -0.2) is 9.97 Å².